The molecule has 8 heteroatoms. The van der Waals surface area contributed by atoms with Crippen molar-refractivity contribution < 1.29 is 14.3 Å². The molecule has 0 aliphatic rings. The Kier molecular flexibility index (Phi) is 8.83. The van der Waals surface area contributed by atoms with Gasteiger partial charge in [-0.25, -0.2) is 9.99 Å². The number of pyridine rings is 1. The highest BCUT2D eigenvalue weighted by Gasteiger charge is 2.18. The Bertz CT molecular complexity index is 1190. The van der Waals surface area contributed by atoms with Crippen LogP contribution in [0.3, 0.4) is 0 Å². The number of anilines is 1. The van der Waals surface area contributed by atoms with Gasteiger partial charge in [0.1, 0.15) is 11.5 Å². The molecule has 3 rings (SSSR count). The van der Waals surface area contributed by atoms with E-state index in [1.165, 1.54) is 5.01 Å². The summed E-state index contributed by atoms with van der Waals surface area (Å²) < 4.78 is 15.1. The Labute approximate surface area is 198 Å². The molecule has 2 aromatic carbocycles. The maximum absolute atomic E-state index is 15.1. The minimum atomic E-state index is -0.710. The number of carbonyl (C=O) groups excluding carboxylic acids is 1. The summed E-state index contributed by atoms with van der Waals surface area (Å²) in [5.41, 5.74) is 3.30. The number of aryl methyl sites for hydroxylation is 1. The number of hydrogen-bond acceptors (Lipinski definition) is 6. The van der Waals surface area contributed by atoms with E-state index in [-0.39, 0.29) is 24.4 Å². The second-order valence-electron chi connectivity index (χ2n) is 7.67. The Morgan fingerprint density at radius 2 is 1.91 bits per heavy atom. The lowest BCUT2D eigenvalue weighted by Gasteiger charge is -2.17. The van der Waals surface area contributed by atoms with E-state index in [9.17, 15) is 4.79 Å². The zero-order valence-corrected chi connectivity index (χ0v) is 18.9. The van der Waals surface area contributed by atoms with Gasteiger partial charge < -0.3 is 10.4 Å². The summed E-state index contributed by atoms with van der Waals surface area (Å²) in [4.78, 5) is 15.9. The molecule has 0 aliphatic heterocycles. The van der Waals surface area contributed by atoms with Crippen LogP contribution in [0.15, 0.2) is 65.8 Å². The number of unbranched alkanes of at least 4 members (excludes halogenated alkanes) is 1. The third kappa shape index (κ3) is 6.47. The Morgan fingerprint density at radius 3 is 2.56 bits per heavy atom. The molecule has 0 radical (unpaired) electrons. The molecule has 0 atom stereocenters. The van der Waals surface area contributed by atoms with Crippen molar-refractivity contribution in [1.82, 2.24) is 9.99 Å². The number of carbonyl (C=O) groups is 1. The monoisotopic (exact) mass is 459 g/mol. The van der Waals surface area contributed by atoms with Crippen molar-refractivity contribution in [2.75, 3.05) is 18.5 Å². The fourth-order valence-electron chi connectivity index (χ4n) is 3.35. The van der Waals surface area contributed by atoms with Crippen molar-refractivity contribution in [3.8, 4) is 6.07 Å². The molecule has 1 amide bonds. The molecule has 0 bridgehead atoms. The van der Waals surface area contributed by atoms with Crippen LogP contribution in [0.25, 0.3) is 0 Å². The standard InChI is InChI=1S/C26H26FN5O2/c1-19-6-2-3-7-22(19)25(23-12-13-24(30-26(23)27)29-14-4-5-15-33)31-32(18-34)17-21-10-8-20(16-28)9-11-21/h2-3,6-13,18,33H,4-5,14-15,17H2,1H3,(H,29,30)/b31-25+. The van der Waals surface area contributed by atoms with Crippen molar-refractivity contribution in [2.45, 2.75) is 26.3 Å². The Hall–Kier alpha value is -4.09. The second kappa shape index (κ2) is 12.2. The number of hydrogen-bond donors (Lipinski definition) is 2. The number of benzene rings is 2. The van der Waals surface area contributed by atoms with Gasteiger partial charge in [-0.2, -0.15) is 14.8 Å². The predicted octanol–water partition coefficient (Wildman–Crippen LogP) is 4.00. The van der Waals surface area contributed by atoms with Gasteiger partial charge in [-0.1, -0.05) is 36.4 Å². The quantitative estimate of drug-likeness (QED) is 0.148. The summed E-state index contributed by atoms with van der Waals surface area (Å²) in [6.45, 7) is 2.71. The first kappa shape index (κ1) is 24.6. The van der Waals surface area contributed by atoms with Crippen molar-refractivity contribution in [2.24, 2.45) is 5.10 Å². The van der Waals surface area contributed by atoms with Crippen molar-refractivity contribution >= 4 is 17.9 Å². The predicted molar refractivity (Wildman–Crippen MR) is 129 cm³/mol. The summed E-state index contributed by atoms with van der Waals surface area (Å²) in [6, 6.07) is 19.5. The SMILES string of the molecule is Cc1ccccc1/C(=N\N(C=O)Cc1ccc(C#N)cc1)c1ccc(NCCCCO)nc1F. The number of aliphatic hydroxyl groups excluding tert-OH is 1. The highest BCUT2D eigenvalue weighted by molar-refractivity contribution is 6.13. The van der Waals surface area contributed by atoms with E-state index in [0.29, 0.717) is 36.3 Å². The summed E-state index contributed by atoms with van der Waals surface area (Å²) in [7, 11) is 0. The van der Waals surface area contributed by atoms with Crippen molar-refractivity contribution in [3.63, 3.8) is 0 Å². The van der Waals surface area contributed by atoms with Crippen LogP contribution in [0.1, 0.15) is 40.7 Å². The van der Waals surface area contributed by atoms with Gasteiger partial charge in [-0.15, -0.1) is 0 Å². The molecule has 0 spiro atoms. The maximum Gasteiger partial charge on any atom is 0.230 e. The third-order valence-electron chi connectivity index (χ3n) is 5.17. The van der Waals surface area contributed by atoms with Crippen LogP contribution in [0.4, 0.5) is 10.2 Å². The Balaban J connectivity index is 1.95. The minimum absolute atomic E-state index is 0.106. The van der Waals surface area contributed by atoms with Crippen LogP contribution in [0, 0.1) is 24.2 Å². The molecule has 174 valence electrons. The number of amides is 1. The number of nitrogens with one attached hydrogen (secondary N) is 1. The van der Waals surface area contributed by atoms with Crippen LogP contribution in [-0.2, 0) is 11.3 Å². The smallest absolute Gasteiger partial charge is 0.230 e. The van der Waals surface area contributed by atoms with E-state index >= 15 is 4.39 Å². The number of nitrogens with zero attached hydrogens (tertiary/aromatic N) is 4. The fraction of sp³-hybridized carbons (Fsp3) is 0.231. The van der Waals surface area contributed by atoms with Gasteiger partial charge >= 0.3 is 0 Å². The van der Waals surface area contributed by atoms with E-state index < -0.39 is 5.95 Å². The molecule has 3 aromatic rings. The lowest BCUT2D eigenvalue weighted by molar-refractivity contribution is -0.118. The number of nitriles is 1. The zero-order valence-electron chi connectivity index (χ0n) is 18.9. The van der Waals surface area contributed by atoms with Crippen LogP contribution in [0.2, 0.25) is 0 Å². The lowest BCUT2D eigenvalue weighted by atomic mass is 9.99. The molecule has 1 heterocycles. The normalized spacial score (nSPS) is 11.1. The van der Waals surface area contributed by atoms with Crippen LogP contribution in [-0.4, -0.2) is 40.4 Å². The van der Waals surface area contributed by atoms with Crippen LogP contribution < -0.4 is 5.32 Å². The average Bonchev–Trinajstić information content (AvgIpc) is 2.86. The molecule has 0 saturated heterocycles. The molecule has 0 fully saturated rings. The molecule has 0 saturated carbocycles. The summed E-state index contributed by atoms with van der Waals surface area (Å²) in [5.74, 6) is -0.327. The van der Waals surface area contributed by atoms with Gasteiger partial charge in [0.25, 0.3) is 0 Å². The highest BCUT2D eigenvalue weighted by atomic mass is 19.1. The summed E-state index contributed by atoms with van der Waals surface area (Å²) in [6.07, 6.45) is 1.97. The van der Waals surface area contributed by atoms with Gasteiger partial charge in [0.15, 0.2) is 0 Å². The van der Waals surface area contributed by atoms with E-state index in [1.54, 1.807) is 36.4 Å². The number of hydrazone groups is 1. The van der Waals surface area contributed by atoms with E-state index in [1.807, 2.05) is 31.2 Å². The number of halogens is 1. The first-order valence-corrected chi connectivity index (χ1v) is 10.9. The van der Waals surface area contributed by atoms with E-state index in [4.69, 9.17) is 10.4 Å². The topological polar surface area (TPSA) is 102 Å². The van der Waals surface area contributed by atoms with E-state index in [2.05, 4.69) is 21.5 Å². The highest BCUT2D eigenvalue weighted by Crippen LogP contribution is 2.20. The fourth-order valence-corrected chi connectivity index (χ4v) is 3.35. The van der Waals surface area contributed by atoms with Gasteiger partial charge in [-0.05, 0) is 55.2 Å². The number of aromatic nitrogens is 1. The maximum atomic E-state index is 15.1. The molecular formula is C26H26FN5O2. The van der Waals surface area contributed by atoms with Gasteiger partial charge in [0, 0.05) is 18.7 Å². The van der Waals surface area contributed by atoms with Gasteiger partial charge in [0.2, 0.25) is 12.4 Å². The Morgan fingerprint density at radius 1 is 1.15 bits per heavy atom. The average molecular weight is 460 g/mol. The molecule has 2 N–H and O–H groups in total. The molecule has 0 unspecified atom stereocenters. The molecular weight excluding hydrogens is 433 g/mol. The van der Waals surface area contributed by atoms with Crippen LogP contribution >= 0.6 is 0 Å². The summed E-state index contributed by atoms with van der Waals surface area (Å²) >= 11 is 0. The zero-order chi connectivity index (χ0) is 24.3. The molecule has 1 aromatic heterocycles. The lowest BCUT2D eigenvalue weighted by Crippen LogP contribution is -2.20. The summed E-state index contributed by atoms with van der Waals surface area (Å²) in [5, 5.41) is 26.6. The van der Waals surface area contributed by atoms with Gasteiger partial charge in [-0.3, -0.25) is 4.79 Å². The number of rotatable bonds is 11. The van der Waals surface area contributed by atoms with Gasteiger partial charge in [0.05, 0.1) is 23.7 Å². The first-order chi connectivity index (χ1) is 16.5. The molecule has 34 heavy (non-hydrogen) atoms. The van der Waals surface area contributed by atoms with E-state index in [0.717, 1.165) is 17.5 Å². The van der Waals surface area contributed by atoms with Crippen molar-refractivity contribution in [1.29, 1.82) is 5.26 Å². The first-order valence-electron chi connectivity index (χ1n) is 10.9. The number of aliphatic hydroxyl groups is 1. The second-order valence-corrected chi connectivity index (χ2v) is 7.67. The third-order valence-corrected chi connectivity index (χ3v) is 5.17. The molecule has 0 aliphatic carbocycles. The van der Waals surface area contributed by atoms with Crippen molar-refractivity contribution in [3.05, 3.63) is 94.4 Å². The molecule has 7 nitrogen and oxygen atoms in total. The minimum Gasteiger partial charge on any atom is -0.396 e. The largest absolute Gasteiger partial charge is 0.396 e. The van der Waals surface area contributed by atoms with Crippen LogP contribution in [0.5, 0.6) is 0 Å².